The van der Waals surface area contributed by atoms with E-state index in [0.29, 0.717) is 22.2 Å². The summed E-state index contributed by atoms with van der Waals surface area (Å²) < 4.78 is 0. The molecular weight excluding hydrogens is 462 g/mol. The van der Waals surface area contributed by atoms with Crippen molar-refractivity contribution in [1.29, 1.82) is 0 Å². The van der Waals surface area contributed by atoms with Crippen LogP contribution in [0.5, 0.6) is 0 Å². The lowest BCUT2D eigenvalue weighted by Gasteiger charge is -2.09. The van der Waals surface area contributed by atoms with Crippen molar-refractivity contribution in [1.82, 2.24) is 25.1 Å². The van der Waals surface area contributed by atoms with Crippen LogP contribution in [0.2, 0.25) is 5.02 Å². The van der Waals surface area contributed by atoms with Gasteiger partial charge in [-0.15, -0.1) is 0 Å². The number of amides is 1. The minimum absolute atomic E-state index is 0.142. The monoisotopic (exact) mass is 479 g/mol. The van der Waals surface area contributed by atoms with Crippen molar-refractivity contribution in [2.75, 3.05) is 10.6 Å². The van der Waals surface area contributed by atoms with Gasteiger partial charge in [0.25, 0.3) is 5.91 Å². The minimum Gasteiger partial charge on any atom is -0.362 e. The smallest absolute Gasteiger partial charge is 0.256 e. The molecule has 1 aliphatic rings. The zero-order valence-corrected chi connectivity index (χ0v) is 19.0. The molecule has 35 heavy (non-hydrogen) atoms. The maximum absolute atomic E-state index is 12.5. The second-order valence-corrected chi connectivity index (χ2v) is 8.33. The zero-order chi connectivity index (χ0) is 23.8. The van der Waals surface area contributed by atoms with Gasteiger partial charge in [0.1, 0.15) is 0 Å². The molecule has 3 aromatic heterocycles. The predicted octanol–water partition coefficient (Wildman–Crippen LogP) is 5.75. The number of halogens is 1. The number of H-pyrrole nitrogens is 2. The number of aromatic nitrogens is 5. The van der Waals surface area contributed by atoms with E-state index in [2.05, 4.69) is 35.8 Å². The van der Waals surface area contributed by atoms with E-state index in [-0.39, 0.29) is 5.91 Å². The third-order valence-electron chi connectivity index (χ3n) is 5.69. The van der Waals surface area contributed by atoms with Crippen molar-refractivity contribution in [2.24, 2.45) is 0 Å². The summed E-state index contributed by atoms with van der Waals surface area (Å²) in [6, 6.07) is 18.8. The summed E-state index contributed by atoms with van der Waals surface area (Å²) in [5.41, 5.74) is 6.92. The van der Waals surface area contributed by atoms with Crippen molar-refractivity contribution < 1.29 is 4.79 Å². The number of carbonyl (C=O) groups excluding carboxylic acids is 1. The number of carbonyl (C=O) groups is 1. The van der Waals surface area contributed by atoms with Gasteiger partial charge in [-0.1, -0.05) is 35.9 Å². The lowest BCUT2D eigenvalue weighted by Crippen LogP contribution is -2.03. The maximum atomic E-state index is 12.5. The number of anilines is 3. The number of nitrogens with one attached hydrogen (secondary N) is 4. The van der Waals surface area contributed by atoms with Crippen molar-refractivity contribution in [2.45, 2.75) is 0 Å². The van der Waals surface area contributed by atoms with Gasteiger partial charge in [-0.25, -0.2) is 9.97 Å². The van der Waals surface area contributed by atoms with E-state index in [0.717, 1.165) is 39.5 Å². The van der Waals surface area contributed by atoms with Gasteiger partial charge in [0.15, 0.2) is 0 Å². The first-order chi connectivity index (χ1) is 17.2. The second kappa shape index (κ2) is 8.58. The van der Waals surface area contributed by atoms with Crippen LogP contribution in [0.15, 0.2) is 79.3 Å². The Kier molecular flexibility index (Phi) is 5.12. The molecule has 8 nitrogen and oxygen atoms in total. The number of rotatable bonds is 5. The molecular formula is C26H18ClN7O. The molecule has 0 saturated carbocycles. The molecule has 4 heterocycles. The number of hydrogen-bond donors (Lipinski definition) is 4. The Bertz CT molecular complexity index is 1590. The number of aromatic amines is 2. The first-order valence-corrected chi connectivity index (χ1v) is 11.2. The molecule has 0 aliphatic carbocycles. The highest BCUT2D eigenvalue weighted by Gasteiger charge is 2.24. The summed E-state index contributed by atoms with van der Waals surface area (Å²) in [4.78, 5) is 24.6. The van der Waals surface area contributed by atoms with Crippen LogP contribution in [-0.4, -0.2) is 31.1 Å². The highest BCUT2D eigenvalue weighted by atomic mass is 35.5. The number of nitrogens with zero attached hydrogens (tertiary/aromatic N) is 3. The lowest BCUT2D eigenvalue weighted by molar-refractivity contribution is -0.110. The molecule has 0 unspecified atom stereocenters. The van der Waals surface area contributed by atoms with Crippen molar-refractivity contribution >= 4 is 46.5 Å². The van der Waals surface area contributed by atoms with Crippen molar-refractivity contribution in [3.8, 4) is 22.5 Å². The number of fused-ring (bicyclic) bond motifs is 1. The molecule has 0 spiro atoms. The molecule has 2 aromatic carbocycles. The molecule has 0 atom stereocenters. The fraction of sp³-hybridized carbons (Fsp3) is 0. The Balaban J connectivity index is 1.29. The fourth-order valence-electron chi connectivity index (χ4n) is 4.05. The number of hydrogen-bond acceptors (Lipinski definition) is 5. The largest absolute Gasteiger partial charge is 0.362 e. The Morgan fingerprint density at radius 3 is 2.74 bits per heavy atom. The molecule has 1 aliphatic heterocycles. The molecule has 4 N–H and O–H groups in total. The summed E-state index contributed by atoms with van der Waals surface area (Å²) >= 11 is 6.39. The molecule has 1 amide bonds. The average molecular weight is 480 g/mol. The minimum atomic E-state index is -0.142. The van der Waals surface area contributed by atoms with E-state index >= 15 is 0 Å². The lowest BCUT2D eigenvalue weighted by atomic mass is 10.1. The van der Waals surface area contributed by atoms with Gasteiger partial charge >= 0.3 is 0 Å². The standard InChI is InChI=1S/C26H18ClN7O/c27-21-6-2-1-5-18(21)24-20(14-30-34-24)22-9-11-29-26(33-22)31-16-7-8-17-19(12-15-4-3-10-28-15)25(35)32-23(17)13-16/h1-14,28H,(H,30,34)(H,32,35)(H,29,31,33). The molecule has 0 bridgehead atoms. The van der Waals surface area contributed by atoms with Gasteiger partial charge in [-0.3, -0.25) is 9.89 Å². The van der Waals surface area contributed by atoms with Crippen LogP contribution in [0.3, 0.4) is 0 Å². The van der Waals surface area contributed by atoms with E-state index < -0.39 is 0 Å². The SMILES string of the molecule is O=C1Nc2cc(Nc3nccc(-c4cn[nH]c4-c4ccccc4Cl)n3)ccc2C1=Cc1ccc[nH]1. The molecule has 6 rings (SSSR count). The van der Waals surface area contributed by atoms with Gasteiger partial charge in [0.2, 0.25) is 5.95 Å². The van der Waals surface area contributed by atoms with E-state index in [1.165, 1.54) is 0 Å². The highest BCUT2D eigenvalue weighted by molar-refractivity contribution is 6.35. The predicted molar refractivity (Wildman–Crippen MR) is 137 cm³/mol. The highest BCUT2D eigenvalue weighted by Crippen LogP contribution is 2.36. The first kappa shape index (κ1) is 20.9. The topological polar surface area (TPSA) is 111 Å². The van der Waals surface area contributed by atoms with Crippen LogP contribution in [0.1, 0.15) is 11.3 Å². The van der Waals surface area contributed by atoms with Gasteiger partial charge in [-0.05, 0) is 42.5 Å². The third-order valence-corrected chi connectivity index (χ3v) is 6.02. The molecule has 9 heteroatoms. The Hall–Kier alpha value is -4.69. The van der Waals surface area contributed by atoms with Gasteiger partial charge < -0.3 is 15.6 Å². The second-order valence-electron chi connectivity index (χ2n) is 7.93. The van der Waals surface area contributed by atoms with E-state index in [9.17, 15) is 4.79 Å². The van der Waals surface area contributed by atoms with Gasteiger partial charge in [0.05, 0.1) is 28.8 Å². The molecule has 0 fully saturated rings. The van der Waals surface area contributed by atoms with E-state index in [1.54, 1.807) is 12.4 Å². The van der Waals surface area contributed by atoms with Crippen LogP contribution in [0, 0.1) is 0 Å². The summed E-state index contributed by atoms with van der Waals surface area (Å²) in [6.07, 6.45) is 7.05. The Labute approximate surface area is 205 Å². The summed E-state index contributed by atoms with van der Waals surface area (Å²) in [7, 11) is 0. The average Bonchev–Trinajstić information content (AvgIpc) is 3.61. The van der Waals surface area contributed by atoms with Crippen LogP contribution in [0.25, 0.3) is 34.2 Å². The maximum Gasteiger partial charge on any atom is 0.256 e. The number of benzene rings is 2. The van der Waals surface area contributed by atoms with E-state index in [1.807, 2.05) is 72.9 Å². The van der Waals surface area contributed by atoms with Crippen molar-refractivity contribution in [3.05, 3.63) is 95.5 Å². The Morgan fingerprint density at radius 2 is 1.89 bits per heavy atom. The van der Waals surface area contributed by atoms with Crippen LogP contribution >= 0.6 is 11.6 Å². The zero-order valence-electron chi connectivity index (χ0n) is 18.2. The molecule has 0 radical (unpaired) electrons. The van der Waals surface area contributed by atoms with Crippen molar-refractivity contribution in [3.63, 3.8) is 0 Å². The van der Waals surface area contributed by atoms with Gasteiger partial charge in [-0.2, -0.15) is 5.10 Å². The van der Waals surface area contributed by atoms with Gasteiger partial charge in [0, 0.05) is 45.5 Å². The third kappa shape index (κ3) is 3.96. The molecule has 170 valence electrons. The summed E-state index contributed by atoms with van der Waals surface area (Å²) in [5.74, 6) is 0.275. The van der Waals surface area contributed by atoms with E-state index in [4.69, 9.17) is 11.6 Å². The van der Waals surface area contributed by atoms with Crippen LogP contribution in [0.4, 0.5) is 17.3 Å². The summed E-state index contributed by atoms with van der Waals surface area (Å²) in [5, 5.41) is 14.0. The van der Waals surface area contributed by atoms with Crippen LogP contribution < -0.4 is 10.6 Å². The fourth-order valence-corrected chi connectivity index (χ4v) is 4.28. The normalized spacial score (nSPS) is 13.6. The van der Waals surface area contributed by atoms with Crippen LogP contribution in [-0.2, 0) is 4.79 Å². The first-order valence-electron chi connectivity index (χ1n) is 10.9. The quantitative estimate of drug-likeness (QED) is 0.240. The molecule has 5 aromatic rings. The molecule has 0 saturated heterocycles. The summed E-state index contributed by atoms with van der Waals surface area (Å²) in [6.45, 7) is 0. The Morgan fingerprint density at radius 1 is 0.971 bits per heavy atom.